The summed E-state index contributed by atoms with van der Waals surface area (Å²) in [4.78, 5) is 37.4. The Morgan fingerprint density at radius 2 is 1.89 bits per heavy atom. The van der Waals surface area contributed by atoms with Gasteiger partial charge in [0.15, 0.2) is 0 Å². The monoisotopic (exact) mass is 441 g/mol. The van der Waals surface area contributed by atoms with Crippen molar-refractivity contribution in [3.05, 3.63) is 62.5 Å². The molecule has 9 heteroatoms. The van der Waals surface area contributed by atoms with Gasteiger partial charge in [-0.15, -0.1) is 11.3 Å². The van der Waals surface area contributed by atoms with Crippen molar-refractivity contribution >= 4 is 57.4 Å². The van der Waals surface area contributed by atoms with Gasteiger partial charge >= 0.3 is 11.9 Å². The van der Waals surface area contributed by atoms with Gasteiger partial charge in [-0.25, -0.2) is 9.59 Å². The maximum atomic E-state index is 12.6. The molecule has 0 aliphatic rings. The summed E-state index contributed by atoms with van der Waals surface area (Å²) in [6.07, 6.45) is 1.43. The van der Waals surface area contributed by atoms with Crippen LogP contribution in [0.15, 0.2) is 30.9 Å². The first-order valence-electron chi connectivity index (χ1n) is 8.15. The summed E-state index contributed by atoms with van der Waals surface area (Å²) in [5, 5.41) is 3.34. The van der Waals surface area contributed by atoms with Crippen LogP contribution >= 0.6 is 34.5 Å². The van der Waals surface area contributed by atoms with Gasteiger partial charge in [0.2, 0.25) is 0 Å². The van der Waals surface area contributed by atoms with Gasteiger partial charge in [-0.3, -0.25) is 4.79 Å². The van der Waals surface area contributed by atoms with Crippen molar-refractivity contribution in [3.8, 4) is 0 Å². The van der Waals surface area contributed by atoms with Crippen molar-refractivity contribution in [1.82, 2.24) is 0 Å². The van der Waals surface area contributed by atoms with Gasteiger partial charge in [-0.2, -0.15) is 0 Å². The number of thiophene rings is 1. The highest BCUT2D eigenvalue weighted by Gasteiger charge is 2.27. The summed E-state index contributed by atoms with van der Waals surface area (Å²) >= 11 is 12.7. The van der Waals surface area contributed by atoms with Crippen LogP contribution in [0.4, 0.5) is 5.00 Å². The number of carbonyl (C=O) groups excluding carboxylic acids is 3. The zero-order valence-corrected chi connectivity index (χ0v) is 17.5. The maximum absolute atomic E-state index is 12.6. The third kappa shape index (κ3) is 4.92. The largest absolute Gasteiger partial charge is 0.462 e. The van der Waals surface area contributed by atoms with E-state index in [-0.39, 0.29) is 39.2 Å². The standard InChI is InChI=1S/C19H17Cl2NO5S/c1-4-8-27-19(25)15-10(3)14(18(24)26-5-2)17(28-15)22-16(23)11-6-7-12(20)13(21)9-11/h4,6-7,9H,1,5,8H2,2-3H3,(H,22,23). The Hall–Kier alpha value is -2.35. The van der Waals surface area contributed by atoms with E-state index < -0.39 is 17.8 Å². The minimum absolute atomic E-state index is 0.0237. The molecule has 0 bridgehead atoms. The maximum Gasteiger partial charge on any atom is 0.348 e. The number of carbonyl (C=O) groups is 3. The number of ether oxygens (including phenoxy) is 2. The molecule has 0 atom stereocenters. The zero-order chi connectivity index (χ0) is 20.8. The van der Waals surface area contributed by atoms with Crippen LogP contribution in [0.1, 0.15) is 42.9 Å². The van der Waals surface area contributed by atoms with E-state index in [4.69, 9.17) is 32.7 Å². The van der Waals surface area contributed by atoms with Gasteiger partial charge in [0.05, 0.1) is 22.2 Å². The molecule has 1 N–H and O–H groups in total. The molecule has 1 aromatic heterocycles. The predicted octanol–water partition coefficient (Wildman–Crippen LogP) is 5.14. The molecule has 0 radical (unpaired) electrons. The third-order valence-electron chi connectivity index (χ3n) is 3.55. The first-order chi connectivity index (χ1) is 13.3. The summed E-state index contributed by atoms with van der Waals surface area (Å²) in [7, 11) is 0. The average Bonchev–Trinajstić information content (AvgIpc) is 2.98. The number of rotatable bonds is 7. The van der Waals surface area contributed by atoms with Gasteiger partial charge < -0.3 is 14.8 Å². The molecule has 28 heavy (non-hydrogen) atoms. The summed E-state index contributed by atoms with van der Waals surface area (Å²) < 4.78 is 10.1. The minimum atomic E-state index is -0.650. The van der Waals surface area contributed by atoms with Crippen LogP contribution in [0.25, 0.3) is 0 Å². The molecule has 0 fully saturated rings. The Bertz CT molecular complexity index is 939. The average molecular weight is 442 g/mol. The van der Waals surface area contributed by atoms with Crippen LogP contribution in [-0.4, -0.2) is 31.1 Å². The second-order valence-corrected chi connectivity index (χ2v) is 7.29. The van der Waals surface area contributed by atoms with Crippen LogP contribution in [0.2, 0.25) is 10.0 Å². The number of halogens is 2. The highest BCUT2D eigenvalue weighted by atomic mass is 35.5. The zero-order valence-electron chi connectivity index (χ0n) is 15.1. The Morgan fingerprint density at radius 1 is 1.18 bits per heavy atom. The lowest BCUT2D eigenvalue weighted by Gasteiger charge is -2.07. The van der Waals surface area contributed by atoms with Gasteiger partial charge in [0.25, 0.3) is 5.91 Å². The summed E-state index contributed by atoms with van der Waals surface area (Å²) in [5.74, 6) is -1.79. The van der Waals surface area contributed by atoms with E-state index in [2.05, 4.69) is 11.9 Å². The molecule has 0 saturated heterocycles. The van der Waals surface area contributed by atoms with E-state index in [1.54, 1.807) is 13.8 Å². The Balaban J connectivity index is 2.41. The third-order valence-corrected chi connectivity index (χ3v) is 5.48. The van der Waals surface area contributed by atoms with Crippen molar-refractivity contribution in [2.24, 2.45) is 0 Å². The molecule has 1 amide bonds. The molecule has 148 valence electrons. The molecule has 0 aliphatic heterocycles. The van der Waals surface area contributed by atoms with Crippen LogP contribution in [0.5, 0.6) is 0 Å². The van der Waals surface area contributed by atoms with Crippen molar-refractivity contribution in [2.75, 3.05) is 18.5 Å². The molecule has 6 nitrogen and oxygen atoms in total. The van der Waals surface area contributed by atoms with E-state index >= 15 is 0 Å². The number of anilines is 1. The fourth-order valence-corrected chi connectivity index (χ4v) is 3.64. The van der Waals surface area contributed by atoms with Crippen LogP contribution in [0.3, 0.4) is 0 Å². The summed E-state index contributed by atoms with van der Waals surface area (Å²) in [6, 6.07) is 4.39. The molecule has 1 aromatic carbocycles. The van der Waals surface area contributed by atoms with E-state index in [9.17, 15) is 14.4 Å². The molecule has 2 rings (SSSR count). The second kappa shape index (κ2) is 9.73. The molecule has 0 unspecified atom stereocenters. The van der Waals surface area contributed by atoms with E-state index in [1.807, 2.05) is 0 Å². The first kappa shape index (κ1) is 21.9. The highest BCUT2D eigenvalue weighted by molar-refractivity contribution is 7.18. The molecular weight excluding hydrogens is 425 g/mol. The molecular formula is C19H17Cl2NO5S. The van der Waals surface area contributed by atoms with E-state index in [0.717, 1.165) is 11.3 Å². The van der Waals surface area contributed by atoms with Crippen molar-refractivity contribution in [1.29, 1.82) is 0 Å². The summed E-state index contributed by atoms with van der Waals surface area (Å²) in [5.41, 5.74) is 0.707. The highest BCUT2D eigenvalue weighted by Crippen LogP contribution is 2.35. The Morgan fingerprint density at radius 3 is 2.50 bits per heavy atom. The molecule has 1 heterocycles. The topological polar surface area (TPSA) is 81.7 Å². The quantitative estimate of drug-likeness (QED) is 0.475. The number of benzene rings is 1. The molecule has 0 aliphatic carbocycles. The Labute approximate surface area is 176 Å². The van der Waals surface area contributed by atoms with Gasteiger partial charge in [-0.05, 0) is 37.6 Å². The van der Waals surface area contributed by atoms with Gasteiger partial charge in [0, 0.05) is 5.56 Å². The number of hydrogen-bond donors (Lipinski definition) is 1. The second-order valence-electron chi connectivity index (χ2n) is 5.45. The first-order valence-corrected chi connectivity index (χ1v) is 9.72. The fourth-order valence-electron chi connectivity index (χ4n) is 2.26. The predicted molar refractivity (Wildman–Crippen MR) is 110 cm³/mol. The number of amides is 1. The minimum Gasteiger partial charge on any atom is -0.462 e. The van der Waals surface area contributed by atoms with Crippen molar-refractivity contribution < 1.29 is 23.9 Å². The lowest BCUT2D eigenvalue weighted by Crippen LogP contribution is -2.15. The lowest BCUT2D eigenvalue weighted by molar-refractivity contribution is 0.0527. The van der Waals surface area contributed by atoms with Crippen molar-refractivity contribution in [3.63, 3.8) is 0 Å². The van der Waals surface area contributed by atoms with Gasteiger partial charge in [-0.1, -0.05) is 35.9 Å². The number of nitrogens with one attached hydrogen (secondary N) is 1. The fraction of sp³-hybridized carbons (Fsp3) is 0.211. The van der Waals surface area contributed by atoms with Crippen molar-refractivity contribution in [2.45, 2.75) is 13.8 Å². The molecule has 2 aromatic rings. The normalized spacial score (nSPS) is 10.3. The van der Waals surface area contributed by atoms with E-state index in [0.29, 0.717) is 10.6 Å². The van der Waals surface area contributed by atoms with Crippen LogP contribution in [-0.2, 0) is 9.47 Å². The smallest absolute Gasteiger partial charge is 0.348 e. The van der Waals surface area contributed by atoms with Gasteiger partial charge in [0.1, 0.15) is 16.5 Å². The Kier molecular flexibility index (Phi) is 7.62. The lowest BCUT2D eigenvalue weighted by atomic mass is 10.1. The van der Waals surface area contributed by atoms with Crippen LogP contribution in [0, 0.1) is 6.92 Å². The summed E-state index contributed by atoms with van der Waals surface area (Å²) in [6.45, 7) is 6.90. The van der Waals surface area contributed by atoms with Crippen LogP contribution < -0.4 is 5.32 Å². The number of esters is 2. The molecule has 0 saturated carbocycles. The van der Waals surface area contributed by atoms with E-state index in [1.165, 1.54) is 24.3 Å². The molecule has 0 spiro atoms. The number of hydrogen-bond acceptors (Lipinski definition) is 6. The SMILES string of the molecule is C=CCOC(=O)c1sc(NC(=O)c2ccc(Cl)c(Cl)c2)c(C(=O)OCC)c1C.